The smallest absolute Gasteiger partial charge is 0.0249 e. The van der Waals surface area contributed by atoms with Crippen LogP contribution in [0, 0.1) is 11.3 Å². The van der Waals surface area contributed by atoms with Crippen LogP contribution in [0.2, 0.25) is 0 Å². The molecule has 2 aliphatic heterocycles. The number of piperazine rings is 1. The molecule has 0 aromatic carbocycles. The summed E-state index contributed by atoms with van der Waals surface area (Å²) in [6.07, 6.45) is 8.60. The molecule has 116 valence electrons. The Morgan fingerprint density at radius 3 is 2.45 bits per heavy atom. The predicted molar refractivity (Wildman–Crippen MR) is 86.0 cm³/mol. The van der Waals surface area contributed by atoms with Gasteiger partial charge >= 0.3 is 0 Å². The minimum absolute atomic E-state index is 0.567. The zero-order valence-corrected chi connectivity index (χ0v) is 14.1. The van der Waals surface area contributed by atoms with Gasteiger partial charge in [-0.15, -0.1) is 0 Å². The average molecular weight is 278 g/mol. The molecule has 3 atom stereocenters. The van der Waals surface area contributed by atoms with Crippen molar-refractivity contribution in [1.29, 1.82) is 0 Å². The van der Waals surface area contributed by atoms with E-state index in [2.05, 4.69) is 37.5 Å². The number of nitrogens with zero attached hydrogens (tertiary/aromatic N) is 2. The van der Waals surface area contributed by atoms with Gasteiger partial charge in [-0.1, -0.05) is 34.1 Å². The Bertz CT molecular complexity index is 336. The Hall–Kier alpha value is -0.0800. The van der Waals surface area contributed by atoms with Gasteiger partial charge in [0.2, 0.25) is 0 Å². The summed E-state index contributed by atoms with van der Waals surface area (Å²) in [6, 6.07) is 2.52. The van der Waals surface area contributed by atoms with Crippen LogP contribution in [0.25, 0.3) is 0 Å². The molecule has 0 aromatic heterocycles. The highest BCUT2D eigenvalue weighted by Gasteiger charge is 2.42. The molecule has 1 aliphatic carbocycles. The fourth-order valence-electron chi connectivity index (χ4n) is 5.02. The van der Waals surface area contributed by atoms with Crippen molar-refractivity contribution in [2.24, 2.45) is 11.3 Å². The van der Waals surface area contributed by atoms with Crippen LogP contribution < -0.4 is 0 Å². The maximum absolute atomic E-state index is 2.94. The molecule has 3 aliphatic rings. The van der Waals surface area contributed by atoms with Crippen molar-refractivity contribution in [3.05, 3.63) is 0 Å². The summed E-state index contributed by atoms with van der Waals surface area (Å²) in [5.74, 6) is 0.793. The molecule has 20 heavy (non-hydrogen) atoms. The molecule has 2 heterocycles. The molecule has 0 spiro atoms. The molecular weight excluding hydrogens is 244 g/mol. The van der Waals surface area contributed by atoms with E-state index < -0.39 is 0 Å². The zero-order chi connectivity index (χ0) is 14.3. The first-order valence-electron chi connectivity index (χ1n) is 8.96. The van der Waals surface area contributed by atoms with Crippen LogP contribution in [-0.4, -0.2) is 47.6 Å². The molecule has 0 radical (unpaired) electrons. The third-order valence-corrected chi connectivity index (χ3v) is 6.19. The largest absolute Gasteiger partial charge is 0.298 e. The number of hydrogen-bond donors (Lipinski definition) is 0. The van der Waals surface area contributed by atoms with Crippen molar-refractivity contribution >= 4 is 0 Å². The lowest BCUT2D eigenvalue weighted by Crippen LogP contribution is -2.61. The molecule has 0 bridgehead atoms. The Kier molecular flexibility index (Phi) is 4.16. The maximum Gasteiger partial charge on any atom is 0.0249 e. The maximum atomic E-state index is 2.94. The Balaban J connectivity index is 1.74. The topological polar surface area (TPSA) is 6.48 Å². The fourth-order valence-corrected chi connectivity index (χ4v) is 5.02. The second kappa shape index (κ2) is 5.61. The van der Waals surface area contributed by atoms with Gasteiger partial charge in [0.25, 0.3) is 0 Å². The van der Waals surface area contributed by atoms with Crippen molar-refractivity contribution in [2.75, 3.05) is 19.6 Å². The highest BCUT2D eigenvalue weighted by Crippen LogP contribution is 2.40. The monoisotopic (exact) mass is 278 g/mol. The first kappa shape index (κ1) is 14.8. The van der Waals surface area contributed by atoms with Gasteiger partial charge in [-0.2, -0.15) is 0 Å². The van der Waals surface area contributed by atoms with Gasteiger partial charge in [0.15, 0.2) is 0 Å². The molecule has 3 unspecified atom stereocenters. The molecule has 2 nitrogen and oxygen atoms in total. The number of fused-ring (bicyclic) bond motifs is 1. The first-order chi connectivity index (χ1) is 9.46. The normalized spacial score (nSPS) is 39.1. The molecule has 2 saturated heterocycles. The van der Waals surface area contributed by atoms with E-state index >= 15 is 0 Å². The summed E-state index contributed by atoms with van der Waals surface area (Å²) in [5.41, 5.74) is 0.567. The second-order valence-corrected chi connectivity index (χ2v) is 8.71. The summed E-state index contributed by atoms with van der Waals surface area (Å²) < 4.78 is 0. The Labute approximate surface area is 125 Å². The molecule has 0 aromatic rings. The molecule has 0 N–H and O–H groups in total. The van der Waals surface area contributed by atoms with Crippen molar-refractivity contribution in [3.63, 3.8) is 0 Å². The van der Waals surface area contributed by atoms with Gasteiger partial charge in [-0.05, 0) is 50.0 Å². The number of hydrogen-bond acceptors (Lipinski definition) is 2. The SMILES string of the molecule is CC(C)C1CN2CCCC2CN1C1CCCC(C)(C)C1. The van der Waals surface area contributed by atoms with Crippen LogP contribution in [0.4, 0.5) is 0 Å². The van der Waals surface area contributed by atoms with E-state index in [1.165, 1.54) is 58.2 Å². The standard InChI is InChI=1S/C18H34N2/c1-14(2)17-13-19-10-6-8-16(19)12-20(17)15-7-5-9-18(3,4)11-15/h14-17H,5-13H2,1-4H3. The molecular formula is C18H34N2. The molecule has 2 heteroatoms. The molecule has 1 saturated carbocycles. The van der Waals surface area contributed by atoms with E-state index in [1.54, 1.807) is 0 Å². The van der Waals surface area contributed by atoms with E-state index in [0.717, 1.165) is 24.0 Å². The molecule has 0 amide bonds. The first-order valence-corrected chi connectivity index (χ1v) is 8.96. The average Bonchev–Trinajstić information content (AvgIpc) is 2.83. The third kappa shape index (κ3) is 2.92. The van der Waals surface area contributed by atoms with Gasteiger partial charge in [0, 0.05) is 31.2 Å². The lowest BCUT2D eigenvalue weighted by Gasteiger charge is -2.51. The number of rotatable bonds is 2. The minimum atomic E-state index is 0.567. The van der Waals surface area contributed by atoms with Crippen LogP contribution in [0.5, 0.6) is 0 Å². The van der Waals surface area contributed by atoms with Gasteiger partial charge < -0.3 is 0 Å². The lowest BCUT2D eigenvalue weighted by molar-refractivity contribution is -0.0252. The molecule has 3 rings (SSSR count). The second-order valence-electron chi connectivity index (χ2n) is 8.71. The van der Waals surface area contributed by atoms with Crippen LogP contribution in [-0.2, 0) is 0 Å². The highest BCUT2D eigenvalue weighted by molar-refractivity contribution is 4.97. The quantitative estimate of drug-likeness (QED) is 0.759. The van der Waals surface area contributed by atoms with Crippen LogP contribution in [0.1, 0.15) is 66.2 Å². The summed E-state index contributed by atoms with van der Waals surface area (Å²) >= 11 is 0. The van der Waals surface area contributed by atoms with E-state index in [-0.39, 0.29) is 0 Å². The Morgan fingerprint density at radius 1 is 1.00 bits per heavy atom. The van der Waals surface area contributed by atoms with Gasteiger partial charge in [0.05, 0.1) is 0 Å². The van der Waals surface area contributed by atoms with Crippen LogP contribution in [0.15, 0.2) is 0 Å². The van der Waals surface area contributed by atoms with Gasteiger partial charge in [-0.3, -0.25) is 9.80 Å². The summed E-state index contributed by atoms with van der Waals surface area (Å²) in [7, 11) is 0. The van der Waals surface area contributed by atoms with E-state index in [9.17, 15) is 0 Å². The highest BCUT2D eigenvalue weighted by atomic mass is 15.3. The fraction of sp³-hybridized carbons (Fsp3) is 1.00. The summed E-state index contributed by atoms with van der Waals surface area (Å²) in [4.78, 5) is 5.73. The minimum Gasteiger partial charge on any atom is -0.298 e. The third-order valence-electron chi connectivity index (χ3n) is 6.19. The van der Waals surface area contributed by atoms with E-state index in [0.29, 0.717) is 5.41 Å². The van der Waals surface area contributed by atoms with Crippen LogP contribution in [0.3, 0.4) is 0 Å². The zero-order valence-electron chi connectivity index (χ0n) is 14.1. The van der Waals surface area contributed by atoms with Crippen LogP contribution >= 0.6 is 0 Å². The molecule has 3 fully saturated rings. The van der Waals surface area contributed by atoms with Crippen molar-refractivity contribution in [2.45, 2.75) is 84.3 Å². The summed E-state index contributed by atoms with van der Waals surface area (Å²) in [6.45, 7) is 13.9. The van der Waals surface area contributed by atoms with E-state index in [4.69, 9.17) is 0 Å². The predicted octanol–water partition coefficient (Wildman–Crippen LogP) is 3.76. The van der Waals surface area contributed by atoms with Gasteiger partial charge in [0.1, 0.15) is 0 Å². The lowest BCUT2D eigenvalue weighted by atomic mass is 9.74. The van der Waals surface area contributed by atoms with Gasteiger partial charge in [-0.25, -0.2) is 0 Å². The van der Waals surface area contributed by atoms with Crippen molar-refractivity contribution in [3.8, 4) is 0 Å². The Morgan fingerprint density at radius 2 is 1.75 bits per heavy atom. The van der Waals surface area contributed by atoms with Crippen molar-refractivity contribution < 1.29 is 0 Å². The summed E-state index contributed by atoms with van der Waals surface area (Å²) in [5, 5.41) is 0. The van der Waals surface area contributed by atoms with E-state index in [1.807, 2.05) is 0 Å². The van der Waals surface area contributed by atoms with Crippen molar-refractivity contribution in [1.82, 2.24) is 9.80 Å².